The van der Waals surface area contributed by atoms with Gasteiger partial charge in [-0.3, -0.25) is 4.79 Å². The number of carbonyl (C=O) groups is 1. The van der Waals surface area contributed by atoms with Gasteiger partial charge in [0.25, 0.3) is 0 Å². The van der Waals surface area contributed by atoms with Crippen LogP contribution < -0.4 is 5.32 Å². The maximum absolute atomic E-state index is 11.7. The molecule has 1 aromatic heterocycles. The van der Waals surface area contributed by atoms with E-state index in [9.17, 15) is 4.79 Å². The van der Waals surface area contributed by atoms with Crippen molar-refractivity contribution in [2.24, 2.45) is 5.92 Å². The van der Waals surface area contributed by atoms with Gasteiger partial charge in [-0.05, 0) is 25.0 Å². The van der Waals surface area contributed by atoms with E-state index in [1.807, 2.05) is 51.1 Å². The lowest BCUT2D eigenvalue weighted by Gasteiger charge is -2.12. The fourth-order valence-corrected chi connectivity index (χ4v) is 1.96. The van der Waals surface area contributed by atoms with E-state index < -0.39 is 0 Å². The molecule has 18 heavy (non-hydrogen) atoms. The maximum atomic E-state index is 11.7. The summed E-state index contributed by atoms with van der Waals surface area (Å²) >= 11 is 0. The van der Waals surface area contributed by atoms with E-state index in [4.69, 9.17) is 4.42 Å². The zero-order valence-corrected chi connectivity index (χ0v) is 11.1. The van der Waals surface area contributed by atoms with Crippen molar-refractivity contribution in [3.8, 4) is 0 Å². The van der Waals surface area contributed by atoms with Gasteiger partial charge in [0.05, 0.1) is 6.04 Å². The summed E-state index contributed by atoms with van der Waals surface area (Å²) in [5, 5.41) is 4.02. The number of nitrogens with one attached hydrogen (secondary N) is 1. The predicted molar refractivity (Wildman–Crippen MR) is 72.2 cm³/mol. The topological polar surface area (TPSA) is 42.2 Å². The molecule has 0 fully saturated rings. The van der Waals surface area contributed by atoms with E-state index in [2.05, 4.69) is 5.32 Å². The van der Waals surface area contributed by atoms with Gasteiger partial charge in [-0.25, -0.2) is 0 Å². The molecular formula is C15H19NO2. The highest BCUT2D eigenvalue weighted by molar-refractivity contribution is 5.79. The van der Waals surface area contributed by atoms with Crippen LogP contribution in [0.15, 0.2) is 34.7 Å². The van der Waals surface area contributed by atoms with Crippen LogP contribution in [0, 0.1) is 5.92 Å². The first kappa shape index (κ1) is 12.7. The first-order valence-corrected chi connectivity index (χ1v) is 6.34. The maximum Gasteiger partial charge on any atom is 0.220 e. The molecule has 0 saturated carbocycles. The highest BCUT2D eigenvalue weighted by Gasteiger charge is 2.14. The SMILES string of the molecule is CC(C)CC(=O)NC(C)c1cc2ccccc2o1. The fourth-order valence-electron chi connectivity index (χ4n) is 1.96. The molecule has 1 unspecified atom stereocenters. The summed E-state index contributed by atoms with van der Waals surface area (Å²) in [6.07, 6.45) is 0.546. The molecule has 0 saturated heterocycles. The Bertz CT molecular complexity index is 509. The standard InChI is InChI=1S/C15H19NO2/c1-10(2)8-15(17)16-11(3)14-9-12-6-4-5-7-13(12)18-14/h4-7,9-11H,8H2,1-3H3,(H,16,17). The number of carbonyl (C=O) groups excluding carboxylic acids is 1. The van der Waals surface area contributed by atoms with Crippen LogP contribution in [-0.4, -0.2) is 5.91 Å². The van der Waals surface area contributed by atoms with Crippen molar-refractivity contribution in [3.63, 3.8) is 0 Å². The third-order valence-corrected chi connectivity index (χ3v) is 2.84. The lowest BCUT2D eigenvalue weighted by Crippen LogP contribution is -2.27. The fraction of sp³-hybridized carbons (Fsp3) is 0.400. The summed E-state index contributed by atoms with van der Waals surface area (Å²) in [6, 6.07) is 9.74. The Morgan fingerprint density at radius 3 is 2.67 bits per heavy atom. The van der Waals surface area contributed by atoms with E-state index >= 15 is 0 Å². The third kappa shape index (κ3) is 2.92. The number of hydrogen-bond acceptors (Lipinski definition) is 2. The van der Waals surface area contributed by atoms with Crippen LogP contribution in [0.3, 0.4) is 0 Å². The van der Waals surface area contributed by atoms with Crippen molar-refractivity contribution in [1.29, 1.82) is 0 Å². The number of benzene rings is 1. The van der Waals surface area contributed by atoms with Crippen LogP contribution in [0.4, 0.5) is 0 Å². The monoisotopic (exact) mass is 245 g/mol. The lowest BCUT2D eigenvalue weighted by atomic mass is 10.1. The van der Waals surface area contributed by atoms with Crippen molar-refractivity contribution in [2.45, 2.75) is 33.2 Å². The predicted octanol–water partition coefficient (Wildman–Crippen LogP) is 3.66. The summed E-state index contributed by atoms with van der Waals surface area (Å²) in [6.45, 7) is 6.01. The molecule has 0 radical (unpaired) electrons. The Labute approximate surface area is 107 Å². The molecule has 1 heterocycles. The zero-order valence-electron chi connectivity index (χ0n) is 11.1. The minimum Gasteiger partial charge on any atom is -0.459 e. The van der Waals surface area contributed by atoms with Gasteiger partial charge < -0.3 is 9.73 Å². The number of para-hydroxylation sites is 1. The van der Waals surface area contributed by atoms with Gasteiger partial charge in [-0.1, -0.05) is 32.0 Å². The van der Waals surface area contributed by atoms with Crippen molar-refractivity contribution in [1.82, 2.24) is 5.32 Å². The number of fused-ring (bicyclic) bond motifs is 1. The van der Waals surface area contributed by atoms with E-state index in [1.54, 1.807) is 0 Å². The normalized spacial score (nSPS) is 12.9. The molecule has 2 rings (SSSR count). The Morgan fingerprint density at radius 1 is 1.28 bits per heavy atom. The van der Waals surface area contributed by atoms with Crippen LogP contribution in [-0.2, 0) is 4.79 Å². The summed E-state index contributed by atoms with van der Waals surface area (Å²) in [7, 11) is 0. The largest absolute Gasteiger partial charge is 0.459 e. The van der Waals surface area contributed by atoms with Gasteiger partial charge in [0.15, 0.2) is 0 Å². The van der Waals surface area contributed by atoms with Crippen molar-refractivity contribution >= 4 is 16.9 Å². The molecule has 0 aliphatic rings. The number of hydrogen-bond donors (Lipinski definition) is 1. The van der Waals surface area contributed by atoms with Gasteiger partial charge in [-0.15, -0.1) is 0 Å². The van der Waals surface area contributed by atoms with E-state index in [1.165, 1.54) is 0 Å². The molecule has 1 atom stereocenters. The Hall–Kier alpha value is -1.77. The molecular weight excluding hydrogens is 226 g/mol. The second-order valence-corrected chi connectivity index (χ2v) is 5.07. The average molecular weight is 245 g/mol. The average Bonchev–Trinajstić information content (AvgIpc) is 2.71. The van der Waals surface area contributed by atoms with Crippen LogP contribution >= 0.6 is 0 Å². The van der Waals surface area contributed by atoms with E-state index in [0.29, 0.717) is 12.3 Å². The van der Waals surface area contributed by atoms with E-state index in [-0.39, 0.29) is 11.9 Å². The molecule has 0 spiro atoms. The minimum absolute atomic E-state index is 0.0676. The van der Waals surface area contributed by atoms with Crippen LogP contribution in [0.1, 0.15) is 39.0 Å². The highest BCUT2D eigenvalue weighted by Crippen LogP contribution is 2.23. The molecule has 1 aromatic carbocycles. The first-order chi connectivity index (χ1) is 8.56. The van der Waals surface area contributed by atoms with Gasteiger partial charge in [0.1, 0.15) is 11.3 Å². The first-order valence-electron chi connectivity index (χ1n) is 6.34. The van der Waals surface area contributed by atoms with Gasteiger partial charge in [0.2, 0.25) is 5.91 Å². The third-order valence-electron chi connectivity index (χ3n) is 2.84. The Kier molecular flexibility index (Phi) is 3.70. The lowest BCUT2D eigenvalue weighted by molar-refractivity contribution is -0.122. The van der Waals surface area contributed by atoms with Crippen molar-refractivity contribution in [3.05, 3.63) is 36.1 Å². The Morgan fingerprint density at radius 2 is 2.00 bits per heavy atom. The summed E-state index contributed by atoms with van der Waals surface area (Å²) in [4.78, 5) is 11.7. The quantitative estimate of drug-likeness (QED) is 0.893. The number of rotatable bonds is 4. The molecule has 96 valence electrons. The van der Waals surface area contributed by atoms with Crippen molar-refractivity contribution in [2.75, 3.05) is 0 Å². The number of furan rings is 1. The van der Waals surface area contributed by atoms with Gasteiger partial charge >= 0.3 is 0 Å². The summed E-state index contributed by atoms with van der Waals surface area (Å²) in [5.74, 6) is 1.24. The Balaban J connectivity index is 2.08. The van der Waals surface area contributed by atoms with Crippen LogP contribution in [0.2, 0.25) is 0 Å². The van der Waals surface area contributed by atoms with E-state index in [0.717, 1.165) is 16.7 Å². The smallest absolute Gasteiger partial charge is 0.220 e. The molecule has 1 amide bonds. The highest BCUT2D eigenvalue weighted by atomic mass is 16.3. The molecule has 3 heteroatoms. The second kappa shape index (κ2) is 5.25. The van der Waals surface area contributed by atoms with Crippen molar-refractivity contribution < 1.29 is 9.21 Å². The molecule has 3 nitrogen and oxygen atoms in total. The molecule has 0 aliphatic heterocycles. The minimum atomic E-state index is -0.0938. The molecule has 2 aromatic rings. The second-order valence-electron chi connectivity index (χ2n) is 5.07. The summed E-state index contributed by atoms with van der Waals surface area (Å²) in [5.41, 5.74) is 0.859. The molecule has 0 aliphatic carbocycles. The summed E-state index contributed by atoms with van der Waals surface area (Å²) < 4.78 is 5.72. The molecule has 0 bridgehead atoms. The van der Waals surface area contributed by atoms with Crippen LogP contribution in [0.25, 0.3) is 11.0 Å². The van der Waals surface area contributed by atoms with Gasteiger partial charge in [0, 0.05) is 11.8 Å². The van der Waals surface area contributed by atoms with Crippen LogP contribution in [0.5, 0.6) is 0 Å². The molecule has 1 N–H and O–H groups in total. The zero-order chi connectivity index (χ0) is 13.1. The van der Waals surface area contributed by atoms with Gasteiger partial charge in [-0.2, -0.15) is 0 Å². The number of amides is 1.